The molecule has 0 N–H and O–H groups in total. The number of carbonyl (C=O) groups is 1. The van der Waals surface area contributed by atoms with Gasteiger partial charge in [-0.25, -0.2) is 0 Å². The summed E-state index contributed by atoms with van der Waals surface area (Å²) in [6.45, 7) is 3.68. The topological polar surface area (TPSA) is 23.6 Å². The van der Waals surface area contributed by atoms with E-state index in [0.29, 0.717) is 5.25 Å². The van der Waals surface area contributed by atoms with E-state index in [1.165, 1.54) is 0 Å². The van der Waals surface area contributed by atoms with Crippen LogP contribution in [0.3, 0.4) is 0 Å². The average Bonchev–Trinajstić information content (AvgIpc) is 2.42. The van der Waals surface area contributed by atoms with E-state index in [4.69, 9.17) is 0 Å². The maximum absolute atomic E-state index is 11.8. The SMILES string of the molecule is CCN(C)C(=O)C1CC(S)CN1C. The molecule has 0 radical (unpaired) electrons. The Morgan fingerprint density at radius 1 is 1.69 bits per heavy atom. The van der Waals surface area contributed by atoms with Crippen LogP contribution in [-0.4, -0.2) is 54.2 Å². The summed E-state index contributed by atoms with van der Waals surface area (Å²) < 4.78 is 0. The first-order valence-corrected chi connectivity index (χ1v) is 5.21. The van der Waals surface area contributed by atoms with E-state index in [1.54, 1.807) is 4.90 Å². The Kier molecular flexibility index (Phi) is 3.62. The van der Waals surface area contributed by atoms with Crippen LogP contribution in [-0.2, 0) is 4.79 Å². The van der Waals surface area contributed by atoms with Gasteiger partial charge in [-0.3, -0.25) is 9.69 Å². The minimum absolute atomic E-state index is 0.0486. The van der Waals surface area contributed by atoms with Gasteiger partial charge in [-0.15, -0.1) is 0 Å². The molecule has 0 bridgehead atoms. The van der Waals surface area contributed by atoms with Crippen LogP contribution in [0.15, 0.2) is 0 Å². The summed E-state index contributed by atoms with van der Waals surface area (Å²) >= 11 is 4.39. The van der Waals surface area contributed by atoms with Gasteiger partial charge in [-0.1, -0.05) is 0 Å². The van der Waals surface area contributed by atoms with Crippen molar-refractivity contribution in [3.8, 4) is 0 Å². The van der Waals surface area contributed by atoms with Crippen molar-refractivity contribution < 1.29 is 4.79 Å². The molecule has 3 nitrogen and oxygen atoms in total. The number of thiol groups is 1. The molecule has 1 saturated heterocycles. The van der Waals surface area contributed by atoms with Crippen LogP contribution in [0.25, 0.3) is 0 Å². The van der Waals surface area contributed by atoms with Gasteiger partial charge in [0.05, 0.1) is 6.04 Å². The van der Waals surface area contributed by atoms with Crippen molar-refractivity contribution in [2.75, 3.05) is 27.2 Å². The molecule has 0 aliphatic carbocycles. The Hall–Kier alpha value is -0.220. The molecule has 1 aliphatic heterocycles. The molecule has 0 aromatic rings. The third-order valence-corrected chi connectivity index (χ3v) is 3.04. The zero-order chi connectivity index (χ0) is 10.0. The van der Waals surface area contributed by atoms with Crippen LogP contribution in [0, 0.1) is 0 Å². The number of hydrogen-bond donors (Lipinski definition) is 1. The Labute approximate surface area is 85.5 Å². The molecule has 1 rings (SSSR count). The fourth-order valence-electron chi connectivity index (χ4n) is 1.67. The van der Waals surface area contributed by atoms with Crippen LogP contribution >= 0.6 is 12.6 Å². The van der Waals surface area contributed by atoms with Crippen molar-refractivity contribution in [3.63, 3.8) is 0 Å². The number of rotatable bonds is 2. The van der Waals surface area contributed by atoms with E-state index in [-0.39, 0.29) is 11.9 Å². The first-order valence-electron chi connectivity index (χ1n) is 4.69. The van der Waals surface area contributed by atoms with Crippen molar-refractivity contribution in [2.45, 2.75) is 24.6 Å². The molecular formula is C9H18N2OS. The molecule has 13 heavy (non-hydrogen) atoms. The number of likely N-dealkylation sites (N-methyl/N-ethyl adjacent to an activating group) is 2. The van der Waals surface area contributed by atoms with Gasteiger partial charge in [-0.05, 0) is 20.4 Å². The van der Waals surface area contributed by atoms with Crippen LogP contribution in [0.1, 0.15) is 13.3 Å². The smallest absolute Gasteiger partial charge is 0.239 e. The maximum Gasteiger partial charge on any atom is 0.239 e. The quantitative estimate of drug-likeness (QED) is 0.658. The third kappa shape index (κ3) is 2.38. The lowest BCUT2D eigenvalue weighted by Crippen LogP contribution is -2.42. The Morgan fingerprint density at radius 2 is 2.31 bits per heavy atom. The standard InChI is InChI=1S/C9H18N2OS/c1-4-10(2)9(12)8-5-7(13)6-11(8)3/h7-8,13H,4-6H2,1-3H3. The van der Waals surface area contributed by atoms with Gasteiger partial charge >= 0.3 is 0 Å². The summed E-state index contributed by atoms with van der Waals surface area (Å²) in [6.07, 6.45) is 0.878. The van der Waals surface area contributed by atoms with E-state index < -0.39 is 0 Å². The monoisotopic (exact) mass is 202 g/mol. The Morgan fingerprint density at radius 3 is 2.69 bits per heavy atom. The Bertz CT molecular complexity index is 198. The van der Waals surface area contributed by atoms with Crippen LogP contribution in [0.4, 0.5) is 0 Å². The molecule has 0 aromatic carbocycles. The fraction of sp³-hybridized carbons (Fsp3) is 0.889. The van der Waals surface area contributed by atoms with Crippen molar-refractivity contribution in [3.05, 3.63) is 0 Å². The second kappa shape index (κ2) is 4.33. The minimum atomic E-state index is 0.0486. The predicted octanol–water partition coefficient (Wildman–Crippen LogP) is 0.467. The molecule has 1 amide bonds. The molecular weight excluding hydrogens is 184 g/mol. The summed E-state index contributed by atoms with van der Waals surface area (Å²) in [5.41, 5.74) is 0. The second-order valence-electron chi connectivity index (χ2n) is 3.70. The van der Waals surface area contributed by atoms with E-state index in [9.17, 15) is 4.79 Å². The molecule has 0 spiro atoms. The second-order valence-corrected chi connectivity index (χ2v) is 4.43. The van der Waals surface area contributed by atoms with E-state index in [0.717, 1.165) is 19.5 Å². The molecule has 1 aliphatic rings. The maximum atomic E-state index is 11.8. The molecule has 0 saturated carbocycles. The molecule has 0 aromatic heterocycles. The van der Waals surface area contributed by atoms with Crippen LogP contribution < -0.4 is 0 Å². The van der Waals surface area contributed by atoms with Gasteiger partial charge in [-0.2, -0.15) is 12.6 Å². The molecule has 2 atom stereocenters. The first kappa shape index (κ1) is 10.9. The number of amides is 1. The lowest BCUT2D eigenvalue weighted by atomic mass is 10.2. The van der Waals surface area contributed by atoms with Gasteiger partial charge in [0.25, 0.3) is 0 Å². The summed E-state index contributed by atoms with van der Waals surface area (Å²) in [4.78, 5) is 15.6. The van der Waals surface area contributed by atoms with Crippen molar-refractivity contribution in [1.82, 2.24) is 9.80 Å². The van der Waals surface area contributed by atoms with Gasteiger partial charge in [0, 0.05) is 25.4 Å². The fourth-order valence-corrected chi connectivity index (χ4v) is 2.13. The highest BCUT2D eigenvalue weighted by Gasteiger charge is 2.33. The molecule has 2 unspecified atom stereocenters. The highest BCUT2D eigenvalue weighted by molar-refractivity contribution is 7.81. The molecule has 76 valence electrons. The molecule has 4 heteroatoms. The Balaban J connectivity index is 2.57. The van der Waals surface area contributed by atoms with Gasteiger partial charge in [0.15, 0.2) is 0 Å². The number of hydrogen-bond acceptors (Lipinski definition) is 3. The molecule has 1 fully saturated rings. The van der Waals surface area contributed by atoms with E-state index >= 15 is 0 Å². The summed E-state index contributed by atoms with van der Waals surface area (Å²) in [5, 5.41) is 0.351. The first-order chi connectivity index (χ1) is 6.06. The molecule has 1 heterocycles. The van der Waals surface area contributed by atoms with Crippen LogP contribution in [0.2, 0.25) is 0 Å². The summed E-state index contributed by atoms with van der Waals surface area (Å²) in [7, 11) is 3.84. The number of carbonyl (C=O) groups excluding carboxylic acids is 1. The normalized spacial score (nSPS) is 29.2. The van der Waals surface area contributed by atoms with Crippen molar-refractivity contribution in [2.24, 2.45) is 0 Å². The summed E-state index contributed by atoms with van der Waals surface area (Å²) in [6, 6.07) is 0.0486. The largest absolute Gasteiger partial charge is 0.345 e. The highest BCUT2D eigenvalue weighted by Crippen LogP contribution is 2.21. The van der Waals surface area contributed by atoms with Crippen molar-refractivity contribution in [1.29, 1.82) is 0 Å². The van der Waals surface area contributed by atoms with Gasteiger partial charge in [0.1, 0.15) is 0 Å². The number of nitrogens with zero attached hydrogens (tertiary/aromatic N) is 2. The summed E-state index contributed by atoms with van der Waals surface area (Å²) in [5.74, 6) is 0.224. The van der Waals surface area contributed by atoms with Crippen LogP contribution in [0.5, 0.6) is 0 Å². The van der Waals surface area contributed by atoms with Gasteiger partial charge in [0.2, 0.25) is 5.91 Å². The highest BCUT2D eigenvalue weighted by atomic mass is 32.1. The average molecular weight is 202 g/mol. The lowest BCUT2D eigenvalue weighted by Gasteiger charge is -2.23. The zero-order valence-corrected chi connectivity index (χ0v) is 9.42. The van der Waals surface area contributed by atoms with Crippen molar-refractivity contribution >= 4 is 18.5 Å². The zero-order valence-electron chi connectivity index (χ0n) is 8.53. The number of likely N-dealkylation sites (tertiary alicyclic amines) is 1. The van der Waals surface area contributed by atoms with E-state index in [1.807, 2.05) is 21.0 Å². The van der Waals surface area contributed by atoms with E-state index in [2.05, 4.69) is 17.5 Å². The third-order valence-electron chi connectivity index (χ3n) is 2.66. The lowest BCUT2D eigenvalue weighted by molar-refractivity contribution is -0.134. The minimum Gasteiger partial charge on any atom is -0.345 e. The van der Waals surface area contributed by atoms with Gasteiger partial charge < -0.3 is 4.90 Å². The predicted molar refractivity (Wildman–Crippen MR) is 57.1 cm³/mol.